The van der Waals surface area contributed by atoms with Crippen molar-refractivity contribution in [3.8, 4) is 0 Å². The van der Waals surface area contributed by atoms with Crippen molar-refractivity contribution in [2.24, 2.45) is 0 Å². The van der Waals surface area contributed by atoms with Crippen LogP contribution in [0.4, 0.5) is 0 Å². The van der Waals surface area contributed by atoms with Crippen LogP contribution in [-0.4, -0.2) is 36.7 Å². The van der Waals surface area contributed by atoms with Crippen LogP contribution in [0.5, 0.6) is 0 Å². The fraction of sp³-hybridized carbons (Fsp3) is 0.294. The van der Waals surface area contributed by atoms with Crippen LogP contribution < -0.4 is 0 Å². The summed E-state index contributed by atoms with van der Waals surface area (Å²) in [4.78, 5) is 26.7. The van der Waals surface area contributed by atoms with Crippen molar-refractivity contribution in [1.29, 1.82) is 0 Å². The number of Topliss-reactive ketones (excluding diaryl/α,β-unsaturated/α-hetero) is 2. The van der Waals surface area contributed by atoms with E-state index in [2.05, 4.69) is 6.58 Å². The van der Waals surface area contributed by atoms with Crippen LogP contribution >= 0.6 is 0 Å². The lowest BCUT2D eigenvalue weighted by molar-refractivity contribution is -0.112. The Kier molecular flexibility index (Phi) is 3.98. The van der Waals surface area contributed by atoms with E-state index in [1.807, 2.05) is 37.9 Å². The first-order chi connectivity index (χ1) is 9.90. The van der Waals surface area contributed by atoms with E-state index >= 15 is 0 Å². The topological polar surface area (TPSA) is 46.6 Å². The molecule has 0 radical (unpaired) electrons. The first-order valence-corrected chi connectivity index (χ1v) is 6.79. The van der Waals surface area contributed by atoms with E-state index in [1.54, 1.807) is 12.1 Å². The second kappa shape index (κ2) is 5.56. The number of carbonyl (C=O) groups is 2. The van der Waals surface area contributed by atoms with Gasteiger partial charge in [-0.05, 0) is 13.8 Å². The predicted molar refractivity (Wildman–Crippen MR) is 81.7 cm³/mol. The summed E-state index contributed by atoms with van der Waals surface area (Å²) in [5, 5.41) is 0. The van der Waals surface area contributed by atoms with Gasteiger partial charge in [0.1, 0.15) is 5.76 Å². The molecule has 1 aliphatic carbocycles. The molecule has 21 heavy (non-hydrogen) atoms. The highest BCUT2D eigenvalue weighted by atomic mass is 16.5. The van der Waals surface area contributed by atoms with Gasteiger partial charge >= 0.3 is 0 Å². The highest BCUT2D eigenvalue weighted by Gasteiger charge is 2.36. The van der Waals surface area contributed by atoms with Crippen molar-refractivity contribution in [3.63, 3.8) is 0 Å². The molecule has 0 heterocycles. The Morgan fingerprint density at radius 1 is 1.14 bits per heavy atom. The molecule has 0 bridgehead atoms. The number of benzene rings is 1. The highest BCUT2D eigenvalue weighted by Crippen LogP contribution is 2.35. The molecule has 0 aromatic heterocycles. The molecular formula is C17H19NO3. The summed E-state index contributed by atoms with van der Waals surface area (Å²) < 4.78 is 5.13. The van der Waals surface area contributed by atoms with Crippen LogP contribution in [0.1, 0.15) is 29.8 Å². The van der Waals surface area contributed by atoms with Crippen LogP contribution in [0.15, 0.2) is 42.2 Å². The third kappa shape index (κ3) is 2.37. The van der Waals surface area contributed by atoms with Crippen molar-refractivity contribution in [2.75, 3.05) is 14.2 Å². The molecule has 1 aliphatic rings. The predicted octanol–water partition coefficient (Wildman–Crippen LogP) is 2.66. The number of rotatable bonds is 4. The second-order valence-corrected chi connectivity index (χ2v) is 5.26. The average molecular weight is 285 g/mol. The van der Waals surface area contributed by atoms with Gasteiger partial charge < -0.3 is 9.64 Å². The summed E-state index contributed by atoms with van der Waals surface area (Å²) in [5.41, 5.74) is 2.11. The molecule has 0 spiro atoms. The Morgan fingerprint density at radius 2 is 1.71 bits per heavy atom. The molecule has 1 aromatic rings. The SMILES string of the molecule is C=C(OC)C1=C(N(C)C(C)C)c2ccccc2C(=O)C1=O. The Bertz CT molecular complexity index is 656. The Balaban J connectivity index is 2.80. The molecule has 0 atom stereocenters. The van der Waals surface area contributed by atoms with Crippen LogP contribution in [0.25, 0.3) is 5.70 Å². The number of fused-ring (bicyclic) bond motifs is 1. The molecule has 4 heteroatoms. The van der Waals surface area contributed by atoms with Gasteiger partial charge in [-0.15, -0.1) is 0 Å². The normalized spacial score (nSPS) is 14.3. The van der Waals surface area contributed by atoms with Crippen LogP contribution in [0, 0.1) is 0 Å². The second-order valence-electron chi connectivity index (χ2n) is 5.26. The van der Waals surface area contributed by atoms with Crippen molar-refractivity contribution < 1.29 is 14.3 Å². The largest absolute Gasteiger partial charge is 0.497 e. The number of carbonyl (C=O) groups excluding carboxylic acids is 2. The molecule has 110 valence electrons. The van der Waals surface area contributed by atoms with Gasteiger partial charge in [0, 0.05) is 24.2 Å². The molecular weight excluding hydrogens is 266 g/mol. The van der Waals surface area contributed by atoms with E-state index in [-0.39, 0.29) is 17.4 Å². The lowest BCUT2D eigenvalue weighted by atomic mass is 9.85. The van der Waals surface area contributed by atoms with Crippen molar-refractivity contribution in [1.82, 2.24) is 4.90 Å². The summed E-state index contributed by atoms with van der Waals surface area (Å²) >= 11 is 0. The third-order valence-corrected chi connectivity index (χ3v) is 3.75. The van der Waals surface area contributed by atoms with E-state index in [4.69, 9.17) is 4.74 Å². The van der Waals surface area contributed by atoms with Crippen LogP contribution in [-0.2, 0) is 9.53 Å². The molecule has 0 saturated carbocycles. The van der Waals surface area contributed by atoms with Gasteiger partial charge in [-0.1, -0.05) is 30.8 Å². The fourth-order valence-corrected chi connectivity index (χ4v) is 2.35. The Morgan fingerprint density at radius 3 is 2.24 bits per heavy atom. The number of ether oxygens (including phenoxy) is 1. The molecule has 0 saturated heterocycles. The van der Waals surface area contributed by atoms with E-state index < -0.39 is 11.6 Å². The molecule has 0 aliphatic heterocycles. The zero-order valence-electron chi connectivity index (χ0n) is 12.8. The van der Waals surface area contributed by atoms with E-state index in [0.717, 1.165) is 5.56 Å². The average Bonchev–Trinajstić information content (AvgIpc) is 2.49. The zero-order valence-corrected chi connectivity index (χ0v) is 12.8. The number of hydrogen-bond donors (Lipinski definition) is 0. The van der Waals surface area contributed by atoms with Gasteiger partial charge in [0.05, 0.1) is 18.4 Å². The van der Waals surface area contributed by atoms with Crippen molar-refractivity contribution in [2.45, 2.75) is 19.9 Å². The third-order valence-electron chi connectivity index (χ3n) is 3.75. The molecule has 0 unspecified atom stereocenters. The summed E-state index contributed by atoms with van der Waals surface area (Å²) in [6.45, 7) is 7.80. The highest BCUT2D eigenvalue weighted by molar-refractivity contribution is 6.53. The molecule has 4 nitrogen and oxygen atoms in total. The van der Waals surface area contributed by atoms with Gasteiger partial charge in [-0.25, -0.2) is 0 Å². The maximum atomic E-state index is 12.5. The molecule has 0 fully saturated rings. The molecule has 0 amide bonds. The van der Waals surface area contributed by atoms with Gasteiger partial charge in [0.25, 0.3) is 0 Å². The van der Waals surface area contributed by atoms with Gasteiger partial charge in [-0.2, -0.15) is 0 Å². The fourth-order valence-electron chi connectivity index (χ4n) is 2.35. The van der Waals surface area contributed by atoms with Gasteiger partial charge in [0.2, 0.25) is 11.6 Å². The lowest BCUT2D eigenvalue weighted by Crippen LogP contribution is -2.34. The molecule has 1 aromatic carbocycles. The van der Waals surface area contributed by atoms with E-state index in [1.165, 1.54) is 7.11 Å². The number of ketones is 2. The van der Waals surface area contributed by atoms with Gasteiger partial charge in [-0.3, -0.25) is 9.59 Å². The minimum atomic E-state index is -0.567. The van der Waals surface area contributed by atoms with Gasteiger partial charge in [0.15, 0.2) is 0 Å². The first-order valence-electron chi connectivity index (χ1n) is 6.79. The van der Waals surface area contributed by atoms with E-state index in [9.17, 15) is 9.59 Å². The lowest BCUT2D eigenvalue weighted by Gasteiger charge is -2.32. The maximum Gasteiger partial charge on any atom is 0.239 e. The zero-order chi connectivity index (χ0) is 15.7. The number of allylic oxidation sites excluding steroid dienone is 1. The Hall–Kier alpha value is -2.36. The van der Waals surface area contributed by atoms with Crippen molar-refractivity contribution >= 4 is 17.3 Å². The quantitative estimate of drug-likeness (QED) is 0.630. The summed E-state index contributed by atoms with van der Waals surface area (Å²) in [6.07, 6.45) is 0. The summed E-state index contributed by atoms with van der Waals surface area (Å²) in [5.74, 6) is -0.867. The molecule has 0 N–H and O–H groups in total. The number of methoxy groups -OCH3 is 1. The molecule has 2 rings (SSSR count). The monoisotopic (exact) mass is 285 g/mol. The van der Waals surface area contributed by atoms with Crippen molar-refractivity contribution in [3.05, 3.63) is 53.3 Å². The maximum absolute atomic E-state index is 12.5. The minimum Gasteiger partial charge on any atom is -0.497 e. The standard InChI is InChI=1S/C17H19NO3/c1-10(2)18(4)15-12-8-6-7-9-13(12)16(19)17(20)14(15)11(3)21-5/h6-10H,3H2,1-2,4-5H3. The van der Waals surface area contributed by atoms with Crippen LogP contribution in [0.3, 0.4) is 0 Å². The van der Waals surface area contributed by atoms with E-state index in [0.29, 0.717) is 11.3 Å². The number of nitrogens with zero attached hydrogens (tertiary/aromatic N) is 1. The summed E-state index contributed by atoms with van der Waals surface area (Å²) in [7, 11) is 3.34. The summed E-state index contributed by atoms with van der Waals surface area (Å²) in [6, 6.07) is 7.29. The smallest absolute Gasteiger partial charge is 0.239 e. The first kappa shape index (κ1) is 15.0. The Labute approximate surface area is 124 Å². The van der Waals surface area contributed by atoms with Crippen LogP contribution in [0.2, 0.25) is 0 Å². The number of hydrogen-bond acceptors (Lipinski definition) is 4. The minimum absolute atomic E-state index is 0.161.